The monoisotopic (exact) mass is 331 g/mol. The van der Waals surface area contributed by atoms with Crippen LogP contribution in [0.3, 0.4) is 0 Å². The molecule has 0 fully saturated rings. The van der Waals surface area contributed by atoms with E-state index in [1.54, 1.807) is 18.2 Å². The first-order valence-corrected chi connectivity index (χ1v) is 6.73. The number of carbonyl (C=O) groups is 1. The number of benzene rings is 2. The number of carbonyl (C=O) groups excluding carboxylic acids is 1. The highest BCUT2D eigenvalue weighted by molar-refractivity contribution is 6.30. The molecule has 8 heteroatoms. The topological polar surface area (TPSA) is 116 Å². The van der Waals surface area contributed by atoms with Gasteiger partial charge in [0.15, 0.2) is 5.75 Å². The molecule has 1 unspecified atom stereocenters. The Kier molecular flexibility index (Phi) is 4.79. The lowest BCUT2D eigenvalue weighted by atomic mass is 10.1. The van der Waals surface area contributed by atoms with E-state index >= 15 is 0 Å². The van der Waals surface area contributed by atoms with Crippen LogP contribution in [0.1, 0.15) is 22.0 Å². The van der Waals surface area contributed by atoms with E-state index in [2.05, 4.69) is 5.32 Å². The van der Waals surface area contributed by atoms with Crippen molar-refractivity contribution in [1.82, 2.24) is 5.32 Å². The van der Waals surface area contributed by atoms with Crippen LogP contribution in [0.25, 0.3) is 0 Å². The third kappa shape index (κ3) is 3.75. The van der Waals surface area contributed by atoms with E-state index in [0.29, 0.717) is 10.6 Å². The van der Waals surface area contributed by atoms with Crippen LogP contribution >= 0.6 is 11.6 Å². The van der Waals surface area contributed by atoms with Crippen LogP contribution < -0.4 is 5.32 Å². The SMILES string of the molecule is N#CC(NC(=O)c1ccc(O)c([N+](=O)[O-])c1)c1cccc(Cl)c1. The molecule has 1 amide bonds. The maximum absolute atomic E-state index is 12.2. The van der Waals surface area contributed by atoms with Gasteiger partial charge in [-0.05, 0) is 29.8 Å². The summed E-state index contributed by atoms with van der Waals surface area (Å²) >= 11 is 5.85. The van der Waals surface area contributed by atoms with Crippen molar-refractivity contribution in [2.24, 2.45) is 0 Å². The maximum Gasteiger partial charge on any atom is 0.311 e. The summed E-state index contributed by atoms with van der Waals surface area (Å²) in [4.78, 5) is 22.1. The van der Waals surface area contributed by atoms with Gasteiger partial charge in [0.2, 0.25) is 0 Å². The fraction of sp³-hybridized carbons (Fsp3) is 0.0667. The van der Waals surface area contributed by atoms with Gasteiger partial charge in [-0.3, -0.25) is 14.9 Å². The summed E-state index contributed by atoms with van der Waals surface area (Å²) in [7, 11) is 0. The van der Waals surface area contributed by atoms with E-state index in [1.807, 2.05) is 6.07 Å². The molecule has 2 rings (SSSR count). The second-order valence-corrected chi connectivity index (χ2v) is 4.99. The predicted octanol–water partition coefficient (Wildman–Crippen LogP) is 2.95. The normalized spacial score (nSPS) is 11.3. The van der Waals surface area contributed by atoms with Crippen LogP contribution in [0.4, 0.5) is 5.69 Å². The van der Waals surface area contributed by atoms with Crippen LogP contribution in [-0.2, 0) is 0 Å². The van der Waals surface area contributed by atoms with E-state index in [1.165, 1.54) is 12.1 Å². The molecule has 0 spiro atoms. The van der Waals surface area contributed by atoms with Gasteiger partial charge in [-0.2, -0.15) is 5.26 Å². The van der Waals surface area contributed by atoms with Crippen molar-refractivity contribution in [3.05, 3.63) is 68.7 Å². The minimum absolute atomic E-state index is 0.0446. The van der Waals surface area contributed by atoms with Crippen LogP contribution in [0.15, 0.2) is 42.5 Å². The van der Waals surface area contributed by atoms with Crippen molar-refractivity contribution in [2.45, 2.75) is 6.04 Å². The smallest absolute Gasteiger partial charge is 0.311 e. The van der Waals surface area contributed by atoms with E-state index in [4.69, 9.17) is 11.6 Å². The summed E-state index contributed by atoms with van der Waals surface area (Å²) in [6, 6.07) is 10.6. The van der Waals surface area contributed by atoms with E-state index in [-0.39, 0.29) is 5.56 Å². The minimum atomic E-state index is -0.964. The first-order valence-electron chi connectivity index (χ1n) is 6.35. The van der Waals surface area contributed by atoms with Gasteiger partial charge in [0.05, 0.1) is 11.0 Å². The van der Waals surface area contributed by atoms with Crippen LogP contribution in [0, 0.1) is 21.4 Å². The molecule has 0 aliphatic heterocycles. The number of aromatic hydroxyl groups is 1. The standard InChI is InChI=1S/C15H10ClN3O4/c16-11-3-1-2-9(6-11)12(8-17)18-15(21)10-4-5-14(20)13(7-10)19(22)23/h1-7,12,20H,(H,18,21). The number of nitriles is 1. The number of hydrogen-bond donors (Lipinski definition) is 2. The molecule has 2 N–H and O–H groups in total. The van der Waals surface area contributed by atoms with Crippen molar-refractivity contribution in [3.8, 4) is 11.8 Å². The molecule has 0 saturated carbocycles. The second kappa shape index (κ2) is 6.77. The quantitative estimate of drug-likeness (QED) is 0.660. The summed E-state index contributed by atoms with van der Waals surface area (Å²) < 4.78 is 0. The number of rotatable bonds is 4. The highest BCUT2D eigenvalue weighted by atomic mass is 35.5. The van der Waals surface area contributed by atoms with Gasteiger partial charge in [-0.25, -0.2) is 0 Å². The predicted molar refractivity (Wildman–Crippen MR) is 82.0 cm³/mol. The Labute approximate surface area is 135 Å². The molecule has 0 radical (unpaired) electrons. The number of nitro groups is 1. The Morgan fingerprint density at radius 1 is 1.35 bits per heavy atom. The number of nitrogens with zero attached hydrogens (tertiary/aromatic N) is 2. The van der Waals surface area contributed by atoms with Crippen molar-refractivity contribution in [1.29, 1.82) is 5.26 Å². The number of amides is 1. The summed E-state index contributed by atoms with van der Waals surface area (Å²) in [5.41, 5.74) is -0.146. The number of nitro benzene ring substituents is 1. The van der Waals surface area contributed by atoms with Crippen molar-refractivity contribution in [2.75, 3.05) is 0 Å². The van der Waals surface area contributed by atoms with Gasteiger partial charge in [0.25, 0.3) is 5.91 Å². The summed E-state index contributed by atoms with van der Waals surface area (Å²) in [6.45, 7) is 0. The fourth-order valence-corrected chi connectivity index (χ4v) is 2.10. The summed E-state index contributed by atoms with van der Waals surface area (Å²) in [6.07, 6.45) is 0. The van der Waals surface area contributed by atoms with Crippen LogP contribution in [-0.4, -0.2) is 15.9 Å². The van der Waals surface area contributed by atoms with Gasteiger partial charge in [0, 0.05) is 16.7 Å². The molecule has 0 bridgehead atoms. The number of hydrogen-bond acceptors (Lipinski definition) is 5. The maximum atomic E-state index is 12.2. The van der Waals surface area contributed by atoms with Gasteiger partial charge in [-0.1, -0.05) is 23.7 Å². The molecule has 7 nitrogen and oxygen atoms in total. The first-order chi connectivity index (χ1) is 10.9. The molecule has 0 aliphatic carbocycles. The van der Waals surface area contributed by atoms with Crippen molar-refractivity contribution in [3.63, 3.8) is 0 Å². The number of phenolic OH excluding ortho intramolecular Hbond substituents is 1. The van der Waals surface area contributed by atoms with Gasteiger partial charge >= 0.3 is 5.69 Å². The Morgan fingerprint density at radius 3 is 2.70 bits per heavy atom. The first kappa shape index (κ1) is 16.3. The lowest BCUT2D eigenvalue weighted by Crippen LogP contribution is -2.27. The van der Waals surface area contributed by atoms with Gasteiger partial charge < -0.3 is 10.4 Å². The van der Waals surface area contributed by atoms with E-state index < -0.39 is 28.3 Å². The number of nitrogens with one attached hydrogen (secondary N) is 1. The van der Waals surface area contributed by atoms with Crippen LogP contribution in [0.2, 0.25) is 5.02 Å². The number of phenols is 1. The lowest BCUT2D eigenvalue weighted by molar-refractivity contribution is -0.385. The Morgan fingerprint density at radius 2 is 2.09 bits per heavy atom. The molecular formula is C15H10ClN3O4. The summed E-state index contributed by atoms with van der Waals surface area (Å²) in [5, 5.41) is 32.2. The Bertz CT molecular complexity index is 817. The van der Waals surface area contributed by atoms with E-state index in [0.717, 1.165) is 12.1 Å². The molecule has 0 aromatic heterocycles. The van der Waals surface area contributed by atoms with Crippen molar-refractivity contribution >= 4 is 23.2 Å². The lowest BCUT2D eigenvalue weighted by Gasteiger charge is -2.12. The van der Waals surface area contributed by atoms with Crippen molar-refractivity contribution < 1.29 is 14.8 Å². The van der Waals surface area contributed by atoms with Gasteiger partial charge in [0.1, 0.15) is 6.04 Å². The average molecular weight is 332 g/mol. The zero-order chi connectivity index (χ0) is 17.0. The third-order valence-corrected chi connectivity index (χ3v) is 3.26. The summed E-state index contributed by atoms with van der Waals surface area (Å²) in [5.74, 6) is -1.22. The molecule has 1 atom stereocenters. The Balaban J connectivity index is 2.26. The van der Waals surface area contributed by atoms with E-state index in [9.17, 15) is 25.3 Å². The molecule has 0 heterocycles. The fourth-order valence-electron chi connectivity index (χ4n) is 1.90. The zero-order valence-electron chi connectivity index (χ0n) is 11.6. The molecule has 116 valence electrons. The zero-order valence-corrected chi connectivity index (χ0v) is 12.3. The highest BCUT2D eigenvalue weighted by Gasteiger charge is 2.20. The molecule has 2 aromatic carbocycles. The second-order valence-electron chi connectivity index (χ2n) is 4.55. The molecule has 23 heavy (non-hydrogen) atoms. The minimum Gasteiger partial charge on any atom is -0.502 e. The molecule has 0 aliphatic rings. The molecule has 2 aromatic rings. The third-order valence-electron chi connectivity index (χ3n) is 3.02. The average Bonchev–Trinajstić information content (AvgIpc) is 2.52. The van der Waals surface area contributed by atoms with Gasteiger partial charge in [-0.15, -0.1) is 0 Å². The largest absolute Gasteiger partial charge is 0.502 e. The number of halogens is 1. The molecular weight excluding hydrogens is 322 g/mol. The molecule has 0 saturated heterocycles. The highest BCUT2D eigenvalue weighted by Crippen LogP contribution is 2.26. The van der Waals surface area contributed by atoms with Crippen LogP contribution in [0.5, 0.6) is 5.75 Å². The Hall–Kier alpha value is -3.11.